The third-order valence-corrected chi connectivity index (χ3v) is 1.37. The molecule has 3 N–H and O–H groups in total. The number of nitrogens with zero attached hydrogens (tertiary/aromatic N) is 2. The van der Waals surface area contributed by atoms with Gasteiger partial charge in [0.1, 0.15) is 0 Å². The summed E-state index contributed by atoms with van der Waals surface area (Å²) in [6.07, 6.45) is 3.69. The van der Waals surface area contributed by atoms with Gasteiger partial charge in [-0.3, -0.25) is 0 Å². The molecule has 78 valence electrons. The van der Waals surface area contributed by atoms with E-state index in [1.54, 1.807) is 6.07 Å². The first-order chi connectivity index (χ1) is 7.11. The van der Waals surface area contributed by atoms with E-state index in [0.29, 0.717) is 0 Å². The minimum absolute atomic E-state index is 0.123. The number of carboxylic acids is 2. The maximum Gasteiger partial charge on any atom is 0.344 e. The highest BCUT2D eigenvalue weighted by Gasteiger charge is 2.15. The van der Waals surface area contributed by atoms with E-state index < -0.39 is 17.5 Å². The number of aliphatic carboxylic acids is 2. The second-order valence-electron chi connectivity index (χ2n) is 2.39. The van der Waals surface area contributed by atoms with Crippen LogP contribution in [0.4, 0.5) is 5.95 Å². The molecule has 0 radical (unpaired) electrons. The van der Waals surface area contributed by atoms with Gasteiger partial charge in [0.15, 0.2) is 5.57 Å². The Bertz CT molecular complexity index is 386. The van der Waals surface area contributed by atoms with E-state index in [4.69, 9.17) is 10.2 Å². The van der Waals surface area contributed by atoms with Crippen LogP contribution in [0.25, 0.3) is 0 Å². The Morgan fingerprint density at radius 3 is 2.20 bits per heavy atom. The Labute approximate surface area is 84.1 Å². The fourth-order valence-electron chi connectivity index (χ4n) is 0.725. The molecule has 1 aromatic rings. The van der Waals surface area contributed by atoms with Crippen LogP contribution in [-0.2, 0) is 9.59 Å². The fourth-order valence-corrected chi connectivity index (χ4v) is 0.725. The Morgan fingerprint density at radius 2 is 1.73 bits per heavy atom. The van der Waals surface area contributed by atoms with Crippen LogP contribution in [0, 0.1) is 0 Å². The van der Waals surface area contributed by atoms with Crippen molar-refractivity contribution in [3.05, 3.63) is 30.2 Å². The second kappa shape index (κ2) is 4.70. The smallest absolute Gasteiger partial charge is 0.344 e. The van der Waals surface area contributed by atoms with Gasteiger partial charge >= 0.3 is 11.9 Å². The molecule has 1 heterocycles. The summed E-state index contributed by atoms with van der Waals surface area (Å²) in [4.78, 5) is 28.3. The molecule has 0 aliphatic carbocycles. The van der Waals surface area contributed by atoms with Gasteiger partial charge in [0.25, 0.3) is 0 Å². The zero-order valence-electron chi connectivity index (χ0n) is 7.41. The van der Waals surface area contributed by atoms with Gasteiger partial charge in [0, 0.05) is 18.6 Å². The van der Waals surface area contributed by atoms with Crippen LogP contribution in [0.5, 0.6) is 0 Å². The van der Waals surface area contributed by atoms with E-state index in [-0.39, 0.29) is 5.95 Å². The zero-order chi connectivity index (χ0) is 11.3. The van der Waals surface area contributed by atoms with Crippen molar-refractivity contribution >= 4 is 17.9 Å². The number of aromatic nitrogens is 2. The van der Waals surface area contributed by atoms with Crippen LogP contribution in [0.2, 0.25) is 0 Å². The predicted molar refractivity (Wildman–Crippen MR) is 49.0 cm³/mol. The standard InChI is InChI=1S/C8H7N3O4/c12-6(13)5(7(14)15)4-11-8-9-2-1-3-10-8/h1-4H,(H,12,13)(H,14,15)(H,9,10,11). The molecule has 7 nitrogen and oxygen atoms in total. The van der Waals surface area contributed by atoms with Crippen molar-refractivity contribution in [3.8, 4) is 0 Å². The lowest BCUT2D eigenvalue weighted by Gasteiger charge is -1.98. The molecule has 0 fully saturated rings. The third kappa shape index (κ3) is 3.07. The van der Waals surface area contributed by atoms with Gasteiger partial charge in [-0.2, -0.15) is 0 Å². The quantitative estimate of drug-likeness (QED) is 0.361. The van der Waals surface area contributed by atoms with E-state index in [1.807, 2.05) is 0 Å². The predicted octanol–water partition coefficient (Wildman–Crippen LogP) is -0.0584. The molecule has 0 amide bonds. The summed E-state index contributed by atoms with van der Waals surface area (Å²) >= 11 is 0. The molecular weight excluding hydrogens is 202 g/mol. The minimum atomic E-state index is -1.54. The average molecular weight is 209 g/mol. The highest BCUT2D eigenvalue weighted by Crippen LogP contribution is 1.98. The van der Waals surface area contributed by atoms with E-state index in [0.717, 1.165) is 6.20 Å². The van der Waals surface area contributed by atoms with Crippen molar-refractivity contribution in [1.82, 2.24) is 9.97 Å². The van der Waals surface area contributed by atoms with Gasteiger partial charge < -0.3 is 15.5 Å². The van der Waals surface area contributed by atoms with Crippen LogP contribution in [0.1, 0.15) is 0 Å². The van der Waals surface area contributed by atoms with E-state index in [1.165, 1.54) is 12.4 Å². The number of nitrogens with one attached hydrogen (secondary N) is 1. The Balaban J connectivity index is 2.79. The number of rotatable bonds is 4. The fraction of sp³-hybridized carbons (Fsp3) is 0. The molecule has 0 aliphatic rings. The monoisotopic (exact) mass is 209 g/mol. The van der Waals surface area contributed by atoms with Gasteiger partial charge in [-0.15, -0.1) is 0 Å². The maximum atomic E-state index is 10.4. The number of carboxylic acid groups (broad SMARTS) is 2. The highest BCUT2D eigenvalue weighted by atomic mass is 16.4. The summed E-state index contributed by atoms with van der Waals surface area (Å²) in [5.74, 6) is -2.95. The molecule has 1 rings (SSSR count). The molecule has 0 bridgehead atoms. The average Bonchev–Trinajstić information content (AvgIpc) is 2.18. The summed E-state index contributed by atoms with van der Waals surface area (Å²) in [5.41, 5.74) is -0.789. The number of anilines is 1. The summed E-state index contributed by atoms with van der Waals surface area (Å²) < 4.78 is 0. The van der Waals surface area contributed by atoms with Crippen LogP contribution in [0.3, 0.4) is 0 Å². The second-order valence-corrected chi connectivity index (χ2v) is 2.39. The summed E-state index contributed by atoms with van der Waals surface area (Å²) in [6.45, 7) is 0. The van der Waals surface area contributed by atoms with Gasteiger partial charge in [-0.1, -0.05) is 0 Å². The Hall–Kier alpha value is -2.44. The Kier molecular flexibility index (Phi) is 3.33. The molecular formula is C8H7N3O4. The lowest BCUT2D eigenvalue weighted by Crippen LogP contribution is -2.13. The molecule has 0 saturated heterocycles. The van der Waals surface area contributed by atoms with Crippen LogP contribution in [-0.4, -0.2) is 32.1 Å². The van der Waals surface area contributed by atoms with Crippen molar-refractivity contribution in [2.24, 2.45) is 0 Å². The number of hydrogen-bond acceptors (Lipinski definition) is 5. The van der Waals surface area contributed by atoms with E-state index >= 15 is 0 Å². The first-order valence-corrected chi connectivity index (χ1v) is 3.81. The summed E-state index contributed by atoms with van der Waals surface area (Å²) in [6, 6.07) is 1.57. The third-order valence-electron chi connectivity index (χ3n) is 1.37. The van der Waals surface area contributed by atoms with Gasteiger partial charge in [-0.05, 0) is 6.07 Å². The van der Waals surface area contributed by atoms with Gasteiger partial charge in [-0.25, -0.2) is 19.6 Å². The molecule has 0 unspecified atom stereocenters. The molecule has 0 spiro atoms. The molecule has 15 heavy (non-hydrogen) atoms. The van der Waals surface area contributed by atoms with E-state index in [9.17, 15) is 9.59 Å². The van der Waals surface area contributed by atoms with Crippen LogP contribution in [0.15, 0.2) is 30.2 Å². The summed E-state index contributed by atoms with van der Waals surface area (Å²) in [7, 11) is 0. The number of carbonyl (C=O) groups is 2. The maximum absolute atomic E-state index is 10.4. The molecule has 1 aromatic heterocycles. The highest BCUT2D eigenvalue weighted by molar-refractivity contribution is 6.12. The van der Waals surface area contributed by atoms with Crippen molar-refractivity contribution < 1.29 is 19.8 Å². The molecule has 7 heteroatoms. The topological polar surface area (TPSA) is 112 Å². The molecule has 0 saturated carbocycles. The lowest BCUT2D eigenvalue weighted by atomic mass is 10.3. The first kappa shape index (κ1) is 10.6. The SMILES string of the molecule is O=C(O)C(=CNc1ncccn1)C(=O)O. The zero-order valence-corrected chi connectivity index (χ0v) is 7.41. The van der Waals surface area contributed by atoms with Crippen molar-refractivity contribution in [1.29, 1.82) is 0 Å². The molecule has 0 atom stereocenters. The van der Waals surface area contributed by atoms with Crippen molar-refractivity contribution in [2.45, 2.75) is 0 Å². The lowest BCUT2D eigenvalue weighted by molar-refractivity contribution is -0.140. The van der Waals surface area contributed by atoms with Crippen LogP contribution < -0.4 is 5.32 Å². The normalized spacial score (nSPS) is 9.07. The van der Waals surface area contributed by atoms with Crippen molar-refractivity contribution in [2.75, 3.05) is 5.32 Å². The summed E-state index contributed by atoms with van der Waals surface area (Å²) in [5, 5.41) is 19.3. The Morgan fingerprint density at radius 1 is 1.20 bits per heavy atom. The van der Waals surface area contributed by atoms with Crippen molar-refractivity contribution in [3.63, 3.8) is 0 Å². The van der Waals surface area contributed by atoms with Gasteiger partial charge in [0.05, 0.1) is 0 Å². The van der Waals surface area contributed by atoms with Gasteiger partial charge in [0.2, 0.25) is 5.95 Å². The van der Waals surface area contributed by atoms with E-state index in [2.05, 4.69) is 15.3 Å². The first-order valence-electron chi connectivity index (χ1n) is 3.81. The molecule has 0 aliphatic heterocycles. The minimum Gasteiger partial charge on any atom is -0.477 e. The molecule has 0 aromatic carbocycles. The largest absolute Gasteiger partial charge is 0.477 e. The van der Waals surface area contributed by atoms with Crippen LogP contribution >= 0.6 is 0 Å². The number of hydrogen-bond donors (Lipinski definition) is 3.